The van der Waals surface area contributed by atoms with Crippen LogP contribution in [0.2, 0.25) is 0 Å². The summed E-state index contributed by atoms with van der Waals surface area (Å²) in [7, 11) is 0. The number of para-hydroxylation sites is 1. The number of rotatable bonds is 8. The van der Waals surface area contributed by atoms with E-state index in [4.69, 9.17) is 15.0 Å². The van der Waals surface area contributed by atoms with Crippen molar-refractivity contribution >= 4 is 38.9 Å². The van der Waals surface area contributed by atoms with Crippen molar-refractivity contribution in [2.75, 3.05) is 4.90 Å². The van der Waals surface area contributed by atoms with Gasteiger partial charge in [-0.05, 0) is 87.5 Å². The van der Waals surface area contributed by atoms with Crippen LogP contribution in [-0.4, -0.2) is 19.5 Å². The summed E-state index contributed by atoms with van der Waals surface area (Å²) in [4.78, 5) is 18.1. The fourth-order valence-electron chi connectivity index (χ4n) is 9.84. The van der Waals surface area contributed by atoms with Crippen molar-refractivity contribution < 1.29 is 0 Å². The van der Waals surface area contributed by atoms with Gasteiger partial charge in [-0.2, -0.15) is 9.97 Å². The summed E-state index contributed by atoms with van der Waals surface area (Å²) in [5, 5.41) is 2.24. The van der Waals surface area contributed by atoms with Gasteiger partial charge < -0.3 is 4.90 Å². The van der Waals surface area contributed by atoms with Gasteiger partial charge in [0.25, 0.3) is 0 Å². The summed E-state index contributed by atoms with van der Waals surface area (Å²) in [6, 6.07) is 79.8. The molecule has 0 saturated heterocycles. The van der Waals surface area contributed by atoms with Crippen molar-refractivity contribution in [3.05, 3.63) is 236 Å². The first kappa shape index (κ1) is 38.3. The third kappa shape index (κ3) is 6.51. The number of fused-ring (bicyclic) bond motifs is 6. The van der Waals surface area contributed by atoms with Crippen molar-refractivity contribution in [2.45, 2.75) is 19.3 Å². The van der Waals surface area contributed by atoms with Crippen LogP contribution in [0.5, 0.6) is 0 Å². The molecule has 1 aliphatic carbocycles. The number of benzene rings is 9. The number of hydrogen-bond donors (Lipinski definition) is 0. The lowest BCUT2D eigenvalue weighted by Crippen LogP contribution is -2.15. The van der Waals surface area contributed by atoms with E-state index in [1.54, 1.807) is 0 Å². The molecule has 9 aromatic carbocycles. The molecule has 65 heavy (non-hydrogen) atoms. The molecule has 308 valence electrons. The number of nitrogens with zero attached hydrogens (tertiary/aromatic N) is 5. The molecule has 0 N–H and O–H groups in total. The first-order valence-electron chi connectivity index (χ1n) is 22.2. The standard InChI is InChI=1S/C60H43N5/c1-60(2)52-29-17-15-28-48(52)49-38-51-50-37-46(64(45-33-31-41(32-34-45)40-19-7-3-8-20-40)54-30-18-16-27-47(54)42-21-9-4-10-22-42)35-36-55(50)65(56(51)39-53(49)60)59-62-57(43-23-11-5-12-24-43)61-58(63-59)44-25-13-6-14-26-44/h3-39H,1-2H3. The predicted molar refractivity (Wildman–Crippen MR) is 268 cm³/mol. The lowest BCUT2D eigenvalue weighted by Gasteiger charge is -2.28. The first-order valence-corrected chi connectivity index (χ1v) is 22.2. The number of aromatic nitrogens is 4. The summed E-state index contributed by atoms with van der Waals surface area (Å²) in [6.07, 6.45) is 0. The zero-order valence-corrected chi connectivity index (χ0v) is 36.1. The Morgan fingerprint density at radius 1 is 0.369 bits per heavy atom. The topological polar surface area (TPSA) is 46.8 Å². The summed E-state index contributed by atoms with van der Waals surface area (Å²) < 4.78 is 2.26. The van der Waals surface area contributed by atoms with Gasteiger partial charge in [0.15, 0.2) is 11.6 Å². The van der Waals surface area contributed by atoms with Gasteiger partial charge >= 0.3 is 0 Å². The molecule has 0 bridgehead atoms. The van der Waals surface area contributed by atoms with Crippen LogP contribution in [0.15, 0.2) is 224 Å². The van der Waals surface area contributed by atoms with Gasteiger partial charge in [0.05, 0.1) is 16.7 Å². The van der Waals surface area contributed by atoms with Crippen molar-refractivity contribution in [3.63, 3.8) is 0 Å². The van der Waals surface area contributed by atoms with Crippen molar-refractivity contribution in [3.8, 4) is 62.1 Å². The van der Waals surface area contributed by atoms with Crippen molar-refractivity contribution in [1.29, 1.82) is 0 Å². The molecular weight excluding hydrogens is 791 g/mol. The van der Waals surface area contributed by atoms with Gasteiger partial charge in [-0.1, -0.05) is 190 Å². The van der Waals surface area contributed by atoms with Crippen LogP contribution in [0, 0.1) is 0 Å². The van der Waals surface area contributed by atoms with Gasteiger partial charge in [-0.25, -0.2) is 4.98 Å². The Labute approximate surface area is 378 Å². The molecule has 0 spiro atoms. The summed E-state index contributed by atoms with van der Waals surface area (Å²) in [5.41, 5.74) is 16.7. The zero-order chi connectivity index (χ0) is 43.5. The third-order valence-electron chi connectivity index (χ3n) is 13.1. The van der Waals surface area contributed by atoms with Crippen LogP contribution in [0.25, 0.3) is 83.9 Å². The molecule has 11 aromatic rings. The smallest absolute Gasteiger partial charge is 0.238 e. The maximum Gasteiger partial charge on any atom is 0.238 e. The molecule has 0 unspecified atom stereocenters. The first-order chi connectivity index (χ1) is 32.0. The van der Waals surface area contributed by atoms with Gasteiger partial charge in [-0.15, -0.1) is 0 Å². The van der Waals surface area contributed by atoms with E-state index in [0.29, 0.717) is 17.6 Å². The fraction of sp³-hybridized carbons (Fsp3) is 0.0500. The van der Waals surface area contributed by atoms with Crippen LogP contribution >= 0.6 is 0 Å². The van der Waals surface area contributed by atoms with Crippen LogP contribution in [0.1, 0.15) is 25.0 Å². The van der Waals surface area contributed by atoms with E-state index in [0.717, 1.165) is 61.1 Å². The molecule has 0 fully saturated rings. The molecule has 1 aliphatic rings. The molecule has 0 atom stereocenters. The number of anilines is 3. The molecule has 0 aliphatic heterocycles. The highest BCUT2D eigenvalue weighted by Crippen LogP contribution is 2.51. The Hall–Kier alpha value is -8.41. The Bertz CT molecular complexity index is 3490. The van der Waals surface area contributed by atoms with Crippen LogP contribution in [-0.2, 0) is 5.41 Å². The predicted octanol–water partition coefficient (Wildman–Crippen LogP) is 15.4. The monoisotopic (exact) mass is 833 g/mol. The molecule has 5 heteroatoms. The highest BCUT2D eigenvalue weighted by Gasteiger charge is 2.36. The number of hydrogen-bond acceptors (Lipinski definition) is 4. The minimum Gasteiger partial charge on any atom is -0.310 e. The fourth-order valence-corrected chi connectivity index (χ4v) is 9.84. The molecule has 12 rings (SSSR count). The van der Waals surface area contributed by atoms with Gasteiger partial charge in [0, 0.05) is 44.3 Å². The normalized spacial score (nSPS) is 12.6. The maximum absolute atomic E-state index is 5.30. The van der Waals surface area contributed by atoms with Crippen LogP contribution in [0.3, 0.4) is 0 Å². The SMILES string of the molecule is CC1(C)c2ccccc2-c2cc3c4cc(N(c5ccc(-c6ccccc6)cc5)c5ccccc5-c5ccccc5)ccc4n(-c4nc(-c5ccccc5)nc(-c5ccccc5)n4)c3cc21. The second kappa shape index (κ2) is 15.4. The van der Waals surface area contributed by atoms with E-state index >= 15 is 0 Å². The molecule has 2 aromatic heterocycles. The molecule has 2 heterocycles. The zero-order valence-electron chi connectivity index (χ0n) is 36.1. The quantitative estimate of drug-likeness (QED) is 0.153. The highest BCUT2D eigenvalue weighted by molar-refractivity contribution is 6.13. The highest BCUT2D eigenvalue weighted by atomic mass is 15.2. The second-order valence-corrected chi connectivity index (χ2v) is 17.3. The van der Waals surface area contributed by atoms with E-state index in [1.165, 1.54) is 33.4 Å². The molecule has 0 radical (unpaired) electrons. The maximum atomic E-state index is 5.30. The summed E-state index contributed by atoms with van der Waals surface area (Å²) >= 11 is 0. The summed E-state index contributed by atoms with van der Waals surface area (Å²) in [5.74, 6) is 1.82. The molecule has 0 saturated carbocycles. The second-order valence-electron chi connectivity index (χ2n) is 17.3. The minimum absolute atomic E-state index is 0.208. The van der Waals surface area contributed by atoms with E-state index in [2.05, 4.69) is 211 Å². The Kier molecular flexibility index (Phi) is 9.09. The Morgan fingerprint density at radius 2 is 0.877 bits per heavy atom. The minimum atomic E-state index is -0.208. The third-order valence-corrected chi connectivity index (χ3v) is 13.1. The Balaban J connectivity index is 1.14. The van der Waals surface area contributed by atoms with Gasteiger partial charge in [0.1, 0.15) is 0 Å². The molecular formula is C60H43N5. The average Bonchev–Trinajstić information content (AvgIpc) is 3.81. The average molecular weight is 834 g/mol. The summed E-state index contributed by atoms with van der Waals surface area (Å²) in [6.45, 7) is 4.67. The molecule has 0 amide bonds. The van der Waals surface area contributed by atoms with E-state index in [9.17, 15) is 0 Å². The van der Waals surface area contributed by atoms with Crippen molar-refractivity contribution in [2.24, 2.45) is 0 Å². The van der Waals surface area contributed by atoms with Crippen molar-refractivity contribution in [1.82, 2.24) is 19.5 Å². The van der Waals surface area contributed by atoms with Crippen LogP contribution in [0.4, 0.5) is 17.1 Å². The molecule has 5 nitrogen and oxygen atoms in total. The van der Waals surface area contributed by atoms with Gasteiger partial charge in [-0.3, -0.25) is 4.57 Å². The Morgan fingerprint density at radius 3 is 1.52 bits per heavy atom. The lowest BCUT2D eigenvalue weighted by molar-refractivity contribution is 0.661. The lowest BCUT2D eigenvalue weighted by atomic mass is 9.82. The van der Waals surface area contributed by atoms with Crippen LogP contribution < -0.4 is 4.90 Å². The van der Waals surface area contributed by atoms with E-state index < -0.39 is 0 Å². The largest absolute Gasteiger partial charge is 0.310 e. The van der Waals surface area contributed by atoms with Gasteiger partial charge in [0.2, 0.25) is 5.95 Å². The van der Waals surface area contributed by atoms with E-state index in [-0.39, 0.29) is 5.41 Å². The van der Waals surface area contributed by atoms with E-state index in [1.807, 2.05) is 36.4 Å².